The number of nitrogens with zero attached hydrogens (tertiary/aromatic N) is 2. The first-order valence-electron chi connectivity index (χ1n) is 6.62. The van der Waals surface area contributed by atoms with Crippen LogP contribution in [0.15, 0.2) is 48.0 Å². The van der Waals surface area contributed by atoms with E-state index in [1.807, 2.05) is 29.7 Å². The van der Waals surface area contributed by atoms with Crippen LogP contribution < -0.4 is 10.6 Å². The number of benzene rings is 1. The molecule has 0 amide bonds. The van der Waals surface area contributed by atoms with Gasteiger partial charge in [0.2, 0.25) is 0 Å². The van der Waals surface area contributed by atoms with Crippen LogP contribution in [0.3, 0.4) is 0 Å². The van der Waals surface area contributed by atoms with Gasteiger partial charge in [-0.1, -0.05) is 6.07 Å². The highest BCUT2D eigenvalue weighted by Gasteiger charge is 2.07. The van der Waals surface area contributed by atoms with Gasteiger partial charge in [-0.15, -0.1) is 11.3 Å². The number of pyridine rings is 1. The summed E-state index contributed by atoms with van der Waals surface area (Å²) in [5.74, 6) is 0. The van der Waals surface area contributed by atoms with Crippen LogP contribution in [0.25, 0.3) is 10.9 Å². The van der Waals surface area contributed by atoms with Crippen LogP contribution in [0.2, 0.25) is 0 Å². The quantitative estimate of drug-likeness (QED) is 0.744. The van der Waals surface area contributed by atoms with E-state index >= 15 is 0 Å². The zero-order valence-corrected chi connectivity index (χ0v) is 12.2. The Morgan fingerprint density at radius 2 is 2.15 bits per heavy atom. The van der Waals surface area contributed by atoms with E-state index in [-0.39, 0.29) is 0 Å². The van der Waals surface area contributed by atoms with Crippen molar-refractivity contribution in [1.82, 2.24) is 4.98 Å². The number of nitrogens with two attached hydrogens (primary N) is 1. The van der Waals surface area contributed by atoms with Gasteiger partial charge in [0.25, 0.3) is 0 Å². The largest absolute Gasteiger partial charge is 0.399 e. The van der Waals surface area contributed by atoms with Crippen molar-refractivity contribution in [1.29, 1.82) is 0 Å². The summed E-state index contributed by atoms with van der Waals surface area (Å²) in [5.41, 5.74) is 8.72. The second kappa shape index (κ2) is 5.51. The first kappa shape index (κ1) is 12.9. The molecule has 0 aliphatic carbocycles. The molecule has 2 aromatic heterocycles. The summed E-state index contributed by atoms with van der Waals surface area (Å²) in [6.45, 7) is 0.990. The molecule has 0 aliphatic heterocycles. The number of aromatic nitrogens is 1. The Hall–Kier alpha value is -2.07. The first-order chi connectivity index (χ1) is 9.74. The Morgan fingerprint density at radius 1 is 1.25 bits per heavy atom. The monoisotopic (exact) mass is 283 g/mol. The average molecular weight is 283 g/mol. The summed E-state index contributed by atoms with van der Waals surface area (Å²) in [6, 6.07) is 12.3. The lowest BCUT2D eigenvalue weighted by Crippen LogP contribution is -2.20. The fourth-order valence-electron chi connectivity index (χ4n) is 2.34. The molecule has 0 fully saturated rings. The van der Waals surface area contributed by atoms with E-state index in [9.17, 15) is 0 Å². The van der Waals surface area contributed by atoms with Gasteiger partial charge in [-0.05, 0) is 42.1 Å². The predicted octanol–water partition coefficient (Wildman–Crippen LogP) is 3.56. The molecule has 2 heterocycles. The van der Waals surface area contributed by atoms with Crippen LogP contribution in [-0.4, -0.2) is 18.6 Å². The molecule has 0 radical (unpaired) electrons. The van der Waals surface area contributed by atoms with Gasteiger partial charge in [0.1, 0.15) is 0 Å². The Morgan fingerprint density at radius 3 is 2.95 bits per heavy atom. The number of fused-ring (bicyclic) bond motifs is 1. The lowest BCUT2D eigenvalue weighted by atomic mass is 10.1. The van der Waals surface area contributed by atoms with Crippen molar-refractivity contribution in [3.8, 4) is 0 Å². The molecule has 0 spiro atoms. The summed E-state index contributed by atoms with van der Waals surface area (Å²) in [7, 11) is 2.12. The summed E-state index contributed by atoms with van der Waals surface area (Å²) in [4.78, 5) is 8.08. The lowest BCUT2D eigenvalue weighted by molar-refractivity contribution is 0.890. The average Bonchev–Trinajstić information content (AvgIpc) is 2.97. The Balaban J connectivity index is 1.85. The number of thiophene rings is 1. The minimum absolute atomic E-state index is 0.753. The molecule has 20 heavy (non-hydrogen) atoms. The van der Waals surface area contributed by atoms with Crippen molar-refractivity contribution in [2.45, 2.75) is 6.42 Å². The fraction of sp³-hybridized carbons (Fsp3) is 0.188. The second-order valence-corrected chi connectivity index (χ2v) is 5.89. The molecule has 3 aromatic rings. The van der Waals surface area contributed by atoms with E-state index in [2.05, 4.69) is 46.6 Å². The molecule has 4 heteroatoms. The minimum Gasteiger partial charge on any atom is -0.399 e. The molecule has 0 aliphatic rings. The van der Waals surface area contributed by atoms with Crippen LogP contribution in [0, 0.1) is 0 Å². The van der Waals surface area contributed by atoms with Crippen molar-refractivity contribution in [2.24, 2.45) is 0 Å². The smallest absolute Gasteiger partial charge is 0.0743 e. The standard InChI is InChI=1S/C16H17N3S/c1-19(9-7-13-3-2-10-20-13)16-6-8-18-15-11-12(17)4-5-14(15)16/h2-6,8,10-11H,7,9,17H2,1H3. The van der Waals surface area contributed by atoms with Gasteiger partial charge in [-0.2, -0.15) is 0 Å². The molecule has 0 saturated carbocycles. The van der Waals surface area contributed by atoms with Gasteiger partial charge >= 0.3 is 0 Å². The van der Waals surface area contributed by atoms with Crippen LogP contribution in [-0.2, 0) is 6.42 Å². The number of hydrogen-bond acceptors (Lipinski definition) is 4. The molecule has 1 aromatic carbocycles. The Labute approximate surface area is 122 Å². The number of anilines is 2. The molecule has 0 unspecified atom stereocenters. The van der Waals surface area contributed by atoms with Crippen LogP contribution in [0.4, 0.5) is 11.4 Å². The first-order valence-corrected chi connectivity index (χ1v) is 7.50. The SMILES string of the molecule is CN(CCc1cccs1)c1ccnc2cc(N)ccc12. The maximum absolute atomic E-state index is 5.82. The van der Waals surface area contributed by atoms with Gasteiger partial charge in [-0.3, -0.25) is 4.98 Å². The Bertz CT molecular complexity index is 707. The summed E-state index contributed by atoms with van der Waals surface area (Å²) < 4.78 is 0. The lowest BCUT2D eigenvalue weighted by Gasteiger charge is -2.20. The number of nitrogen functional groups attached to an aromatic ring is 1. The summed E-state index contributed by atoms with van der Waals surface area (Å²) in [5, 5.41) is 3.27. The number of hydrogen-bond donors (Lipinski definition) is 1. The van der Waals surface area contributed by atoms with Gasteiger partial charge in [0, 0.05) is 41.4 Å². The fourth-order valence-corrected chi connectivity index (χ4v) is 3.03. The topological polar surface area (TPSA) is 42.2 Å². The Kier molecular flexibility index (Phi) is 3.56. The molecule has 0 bridgehead atoms. The molecular weight excluding hydrogens is 266 g/mol. The normalized spacial score (nSPS) is 10.8. The minimum atomic E-state index is 0.753. The van der Waals surface area contributed by atoms with E-state index in [1.54, 1.807) is 0 Å². The molecule has 3 nitrogen and oxygen atoms in total. The van der Waals surface area contributed by atoms with Crippen LogP contribution >= 0.6 is 11.3 Å². The molecule has 0 saturated heterocycles. The van der Waals surface area contributed by atoms with Gasteiger partial charge in [0.05, 0.1) is 5.52 Å². The maximum atomic E-state index is 5.82. The van der Waals surface area contributed by atoms with Gasteiger partial charge in [0.15, 0.2) is 0 Å². The highest BCUT2D eigenvalue weighted by Crippen LogP contribution is 2.26. The van der Waals surface area contributed by atoms with E-state index in [0.29, 0.717) is 0 Å². The van der Waals surface area contributed by atoms with E-state index < -0.39 is 0 Å². The zero-order valence-electron chi connectivity index (χ0n) is 11.4. The third-order valence-electron chi connectivity index (χ3n) is 3.43. The van der Waals surface area contributed by atoms with Gasteiger partial charge < -0.3 is 10.6 Å². The highest BCUT2D eigenvalue weighted by molar-refractivity contribution is 7.09. The molecule has 0 atom stereocenters. The van der Waals surface area contributed by atoms with Gasteiger partial charge in [-0.25, -0.2) is 0 Å². The highest BCUT2D eigenvalue weighted by atomic mass is 32.1. The zero-order chi connectivity index (χ0) is 13.9. The number of rotatable bonds is 4. The third-order valence-corrected chi connectivity index (χ3v) is 4.36. The summed E-state index contributed by atoms with van der Waals surface area (Å²) >= 11 is 1.81. The van der Waals surface area contributed by atoms with Crippen LogP contribution in [0.5, 0.6) is 0 Å². The van der Waals surface area contributed by atoms with Crippen molar-refractivity contribution in [2.75, 3.05) is 24.2 Å². The van der Waals surface area contributed by atoms with Crippen molar-refractivity contribution >= 4 is 33.6 Å². The molecule has 3 rings (SSSR count). The molecular formula is C16H17N3S. The van der Waals surface area contributed by atoms with Crippen molar-refractivity contribution in [3.05, 3.63) is 52.9 Å². The van der Waals surface area contributed by atoms with E-state index in [0.717, 1.165) is 29.6 Å². The second-order valence-electron chi connectivity index (χ2n) is 4.86. The summed E-state index contributed by atoms with van der Waals surface area (Å²) in [6.07, 6.45) is 2.91. The van der Waals surface area contributed by atoms with Crippen molar-refractivity contribution < 1.29 is 0 Å². The molecule has 102 valence electrons. The van der Waals surface area contributed by atoms with E-state index in [1.165, 1.54) is 10.6 Å². The van der Waals surface area contributed by atoms with E-state index in [4.69, 9.17) is 5.73 Å². The predicted molar refractivity (Wildman–Crippen MR) is 87.4 cm³/mol. The number of likely N-dealkylation sites (N-methyl/N-ethyl adjacent to an activating group) is 1. The van der Waals surface area contributed by atoms with Crippen LogP contribution in [0.1, 0.15) is 4.88 Å². The van der Waals surface area contributed by atoms with Crippen molar-refractivity contribution in [3.63, 3.8) is 0 Å². The molecule has 2 N–H and O–H groups in total. The third kappa shape index (κ3) is 2.60. The maximum Gasteiger partial charge on any atom is 0.0743 e.